The van der Waals surface area contributed by atoms with E-state index in [2.05, 4.69) is 16.4 Å². The molecule has 0 bridgehead atoms. The molecule has 5 nitrogen and oxygen atoms in total. The number of hydrogen-bond acceptors (Lipinski definition) is 2. The summed E-state index contributed by atoms with van der Waals surface area (Å²) in [6.45, 7) is 3.54. The molecule has 0 radical (unpaired) electrons. The summed E-state index contributed by atoms with van der Waals surface area (Å²) in [4.78, 5) is 17.1. The zero-order valence-electron chi connectivity index (χ0n) is 12.0. The van der Waals surface area contributed by atoms with Crippen LogP contribution in [-0.2, 0) is 6.54 Å². The highest BCUT2D eigenvalue weighted by atomic mass is 16.2. The summed E-state index contributed by atoms with van der Waals surface area (Å²) in [5, 5.41) is 13.2. The third-order valence-electron chi connectivity index (χ3n) is 4.14. The quantitative estimate of drug-likeness (QED) is 0.888. The van der Waals surface area contributed by atoms with Crippen LogP contribution in [0.4, 0.5) is 4.79 Å². The third kappa shape index (κ3) is 2.57. The third-order valence-corrected chi connectivity index (χ3v) is 4.14. The first-order valence-corrected chi connectivity index (χ1v) is 7.10. The number of H-pyrrole nitrogens is 1. The minimum Gasteiger partial charge on any atom is -0.361 e. The number of urea groups is 1. The SMILES string of the molecule is CC1(C#N)CCN(C(=O)NCc2c[nH]c3ccccc23)C1. The highest BCUT2D eigenvalue weighted by Gasteiger charge is 2.36. The van der Waals surface area contributed by atoms with Crippen molar-refractivity contribution < 1.29 is 4.79 Å². The molecule has 1 unspecified atom stereocenters. The van der Waals surface area contributed by atoms with Crippen LogP contribution in [0.25, 0.3) is 10.9 Å². The van der Waals surface area contributed by atoms with Crippen LogP contribution in [0.2, 0.25) is 0 Å². The molecule has 1 fully saturated rings. The van der Waals surface area contributed by atoms with Crippen molar-refractivity contribution in [3.8, 4) is 6.07 Å². The van der Waals surface area contributed by atoms with Crippen LogP contribution in [0, 0.1) is 16.7 Å². The van der Waals surface area contributed by atoms with Crippen molar-refractivity contribution in [2.24, 2.45) is 5.41 Å². The molecule has 3 rings (SSSR count). The van der Waals surface area contributed by atoms with Crippen LogP contribution < -0.4 is 5.32 Å². The van der Waals surface area contributed by atoms with Gasteiger partial charge in [-0.25, -0.2) is 4.79 Å². The van der Waals surface area contributed by atoms with Crippen molar-refractivity contribution in [1.82, 2.24) is 15.2 Å². The van der Waals surface area contributed by atoms with Crippen molar-refractivity contribution in [1.29, 1.82) is 5.26 Å². The van der Waals surface area contributed by atoms with Crippen molar-refractivity contribution >= 4 is 16.9 Å². The molecule has 1 saturated heterocycles. The van der Waals surface area contributed by atoms with E-state index in [0.717, 1.165) is 22.9 Å². The van der Waals surface area contributed by atoms with Crippen molar-refractivity contribution in [2.75, 3.05) is 13.1 Å². The van der Waals surface area contributed by atoms with Gasteiger partial charge in [-0.3, -0.25) is 0 Å². The number of carbonyl (C=O) groups excluding carboxylic acids is 1. The molecule has 2 aromatic rings. The summed E-state index contributed by atoms with van der Waals surface area (Å²) in [5.74, 6) is 0. The number of hydrogen-bond donors (Lipinski definition) is 2. The van der Waals surface area contributed by atoms with Gasteiger partial charge >= 0.3 is 6.03 Å². The maximum Gasteiger partial charge on any atom is 0.317 e. The van der Waals surface area contributed by atoms with Crippen LogP contribution in [0.15, 0.2) is 30.5 Å². The second-order valence-electron chi connectivity index (χ2n) is 5.86. The number of nitrogens with one attached hydrogen (secondary N) is 2. The van der Waals surface area contributed by atoms with Crippen LogP contribution in [-0.4, -0.2) is 29.0 Å². The van der Waals surface area contributed by atoms with Gasteiger partial charge in [0.15, 0.2) is 0 Å². The van der Waals surface area contributed by atoms with Gasteiger partial charge in [-0.1, -0.05) is 18.2 Å². The van der Waals surface area contributed by atoms with Gasteiger partial charge in [0.05, 0.1) is 11.5 Å². The smallest absolute Gasteiger partial charge is 0.317 e. The van der Waals surface area contributed by atoms with E-state index < -0.39 is 5.41 Å². The van der Waals surface area contributed by atoms with Gasteiger partial charge in [0.2, 0.25) is 0 Å². The number of aromatic amines is 1. The second kappa shape index (κ2) is 5.13. The first kappa shape index (κ1) is 13.5. The number of nitrogens with zero attached hydrogens (tertiary/aromatic N) is 2. The minimum atomic E-state index is -0.405. The van der Waals surface area contributed by atoms with E-state index in [1.54, 1.807) is 4.90 Å². The van der Waals surface area contributed by atoms with E-state index in [4.69, 9.17) is 5.26 Å². The summed E-state index contributed by atoms with van der Waals surface area (Å²) >= 11 is 0. The largest absolute Gasteiger partial charge is 0.361 e. The fourth-order valence-corrected chi connectivity index (χ4v) is 2.79. The predicted molar refractivity (Wildman–Crippen MR) is 80.4 cm³/mol. The lowest BCUT2D eigenvalue weighted by atomic mass is 9.92. The molecule has 1 atom stereocenters. The van der Waals surface area contributed by atoms with E-state index in [0.29, 0.717) is 19.6 Å². The Labute approximate surface area is 123 Å². The number of para-hydroxylation sites is 1. The number of benzene rings is 1. The first-order valence-electron chi connectivity index (χ1n) is 7.10. The Bertz CT molecular complexity index is 714. The van der Waals surface area contributed by atoms with Crippen LogP contribution >= 0.6 is 0 Å². The predicted octanol–water partition coefficient (Wildman–Crippen LogP) is 2.61. The molecule has 0 spiro atoms. The van der Waals surface area contributed by atoms with Gasteiger partial charge in [-0.2, -0.15) is 5.26 Å². The van der Waals surface area contributed by atoms with Gasteiger partial charge in [0, 0.05) is 36.7 Å². The highest BCUT2D eigenvalue weighted by molar-refractivity contribution is 5.83. The molecule has 5 heteroatoms. The molecule has 0 saturated carbocycles. The van der Waals surface area contributed by atoms with E-state index in [1.807, 2.05) is 37.4 Å². The molecule has 21 heavy (non-hydrogen) atoms. The Balaban J connectivity index is 1.63. The van der Waals surface area contributed by atoms with Crippen LogP contribution in [0.3, 0.4) is 0 Å². The Hall–Kier alpha value is -2.48. The Morgan fingerprint density at radius 2 is 2.33 bits per heavy atom. The maximum absolute atomic E-state index is 12.2. The van der Waals surface area contributed by atoms with Crippen LogP contribution in [0.1, 0.15) is 18.9 Å². The van der Waals surface area contributed by atoms with Crippen molar-refractivity contribution in [3.63, 3.8) is 0 Å². The summed E-state index contributed by atoms with van der Waals surface area (Å²) in [6, 6.07) is 10.2. The molecule has 108 valence electrons. The first-order chi connectivity index (χ1) is 10.1. The summed E-state index contributed by atoms with van der Waals surface area (Å²) in [7, 11) is 0. The number of carbonyl (C=O) groups is 1. The molecule has 2 N–H and O–H groups in total. The number of likely N-dealkylation sites (tertiary alicyclic amines) is 1. The summed E-state index contributed by atoms with van der Waals surface area (Å²) in [6.07, 6.45) is 2.67. The molecule has 0 aliphatic carbocycles. The average Bonchev–Trinajstić information content (AvgIpc) is 3.09. The number of fused-ring (bicyclic) bond motifs is 1. The maximum atomic E-state index is 12.2. The number of rotatable bonds is 2. The highest BCUT2D eigenvalue weighted by Crippen LogP contribution is 2.28. The number of amides is 2. The lowest BCUT2D eigenvalue weighted by Crippen LogP contribution is -2.38. The lowest BCUT2D eigenvalue weighted by Gasteiger charge is -2.18. The van der Waals surface area contributed by atoms with Gasteiger partial charge in [0.25, 0.3) is 0 Å². The van der Waals surface area contributed by atoms with Gasteiger partial charge in [-0.05, 0) is 25.0 Å². The van der Waals surface area contributed by atoms with Gasteiger partial charge in [0.1, 0.15) is 0 Å². The molecular formula is C16H18N4O. The average molecular weight is 282 g/mol. The van der Waals surface area contributed by atoms with E-state index in [9.17, 15) is 4.79 Å². The molecular weight excluding hydrogens is 264 g/mol. The fraction of sp³-hybridized carbons (Fsp3) is 0.375. The van der Waals surface area contributed by atoms with E-state index in [-0.39, 0.29) is 6.03 Å². The Kier molecular flexibility index (Phi) is 3.30. The zero-order valence-corrected chi connectivity index (χ0v) is 12.0. The van der Waals surface area contributed by atoms with E-state index >= 15 is 0 Å². The fourth-order valence-electron chi connectivity index (χ4n) is 2.79. The Morgan fingerprint density at radius 3 is 3.10 bits per heavy atom. The summed E-state index contributed by atoms with van der Waals surface area (Å²) in [5.41, 5.74) is 1.74. The van der Waals surface area contributed by atoms with Gasteiger partial charge < -0.3 is 15.2 Å². The topological polar surface area (TPSA) is 71.9 Å². The molecule has 1 aliphatic heterocycles. The second-order valence-corrected chi connectivity index (χ2v) is 5.86. The number of nitriles is 1. The molecule has 2 amide bonds. The standard InChI is InChI=1S/C16H18N4O/c1-16(10-17)6-7-20(11-16)15(21)19-9-12-8-18-14-5-3-2-4-13(12)14/h2-5,8,18H,6-7,9,11H2,1H3,(H,19,21). The van der Waals surface area contributed by atoms with Crippen molar-refractivity contribution in [3.05, 3.63) is 36.0 Å². The monoisotopic (exact) mass is 282 g/mol. The summed E-state index contributed by atoms with van der Waals surface area (Å²) < 4.78 is 0. The van der Waals surface area contributed by atoms with Crippen LogP contribution in [0.5, 0.6) is 0 Å². The van der Waals surface area contributed by atoms with Gasteiger partial charge in [-0.15, -0.1) is 0 Å². The lowest BCUT2D eigenvalue weighted by molar-refractivity contribution is 0.205. The normalized spacial score (nSPS) is 21.4. The molecule has 2 heterocycles. The molecule has 1 aromatic heterocycles. The van der Waals surface area contributed by atoms with Crippen molar-refractivity contribution in [2.45, 2.75) is 19.9 Å². The molecule has 1 aromatic carbocycles. The minimum absolute atomic E-state index is 0.0979. The zero-order chi connectivity index (χ0) is 14.9. The molecule has 1 aliphatic rings. The van der Waals surface area contributed by atoms with E-state index in [1.165, 1.54) is 0 Å². The number of aromatic nitrogens is 1. The Morgan fingerprint density at radius 1 is 1.52 bits per heavy atom.